The number of nitrogens with two attached hydrogens (primary N) is 1. The third-order valence-electron chi connectivity index (χ3n) is 4.34. The van der Waals surface area contributed by atoms with Gasteiger partial charge in [0.05, 0.1) is 11.4 Å². The lowest BCUT2D eigenvalue weighted by atomic mass is 10.1. The van der Waals surface area contributed by atoms with Gasteiger partial charge in [0.1, 0.15) is 0 Å². The highest BCUT2D eigenvalue weighted by atomic mass is 16.2. The summed E-state index contributed by atoms with van der Waals surface area (Å²) in [5.74, 6) is 0.104. The molecule has 0 aromatic heterocycles. The zero-order valence-corrected chi connectivity index (χ0v) is 14.8. The van der Waals surface area contributed by atoms with Crippen molar-refractivity contribution < 1.29 is 4.79 Å². The van der Waals surface area contributed by atoms with Crippen LogP contribution in [0.15, 0.2) is 48.5 Å². The van der Waals surface area contributed by atoms with Gasteiger partial charge in [-0.25, -0.2) is 0 Å². The second-order valence-electron chi connectivity index (χ2n) is 5.85. The standard InChI is InChI=1S/C20H27N3O/c1-4-23(5-2)19-13-11-16(15-18(19)21)12-14-20(24)22(3)17-9-7-6-8-10-17/h6-11,13,15H,4-5,12,14,21H2,1-3H3. The van der Waals surface area contributed by atoms with E-state index in [4.69, 9.17) is 5.73 Å². The summed E-state index contributed by atoms with van der Waals surface area (Å²) in [6.45, 7) is 6.10. The second-order valence-corrected chi connectivity index (χ2v) is 5.85. The summed E-state index contributed by atoms with van der Waals surface area (Å²) >= 11 is 0. The molecule has 0 unspecified atom stereocenters. The third-order valence-corrected chi connectivity index (χ3v) is 4.34. The molecular formula is C20H27N3O. The molecule has 2 rings (SSSR count). The predicted octanol–water partition coefficient (Wildman–Crippen LogP) is 3.71. The number of para-hydroxylation sites is 1. The molecule has 0 aliphatic rings. The Bertz CT molecular complexity index is 666. The Labute approximate surface area is 144 Å². The van der Waals surface area contributed by atoms with E-state index in [-0.39, 0.29) is 5.91 Å². The first kappa shape index (κ1) is 17.9. The van der Waals surface area contributed by atoms with Crippen LogP contribution in [0, 0.1) is 0 Å². The van der Waals surface area contributed by atoms with E-state index in [2.05, 4.69) is 30.9 Å². The van der Waals surface area contributed by atoms with Crippen molar-refractivity contribution in [3.05, 3.63) is 54.1 Å². The fraction of sp³-hybridized carbons (Fsp3) is 0.350. The molecular weight excluding hydrogens is 298 g/mol. The monoisotopic (exact) mass is 325 g/mol. The molecule has 0 saturated heterocycles. The van der Waals surface area contributed by atoms with Crippen molar-refractivity contribution in [2.75, 3.05) is 35.7 Å². The van der Waals surface area contributed by atoms with E-state index < -0.39 is 0 Å². The zero-order chi connectivity index (χ0) is 17.5. The first-order valence-corrected chi connectivity index (χ1v) is 8.51. The number of hydrogen-bond donors (Lipinski definition) is 1. The van der Waals surface area contributed by atoms with Crippen molar-refractivity contribution in [2.45, 2.75) is 26.7 Å². The topological polar surface area (TPSA) is 49.6 Å². The number of nitrogen functional groups attached to an aromatic ring is 1. The normalized spacial score (nSPS) is 10.5. The number of benzene rings is 2. The highest BCUT2D eigenvalue weighted by Gasteiger charge is 2.12. The van der Waals surface area contributed by atoms with Gasteiger partial charge in [0.2, 0.25) is 5.91 Å². The molecule has 0 aliphatic carbocycles. The van der Waals surface area contributed by atoms with Crippen molar-refractivity contribution in [3.8, 4) is 0 Å². The molecule has 0 fully saturated rings. The number of nitrogens with zero attached hydrogens (tertiary/aromatic N) is 2. The Kier molecular flexibility index (Phi) is 6.24. The van der Waals surface area contributed by atoms with E-state index in [1.54, 1.807) is 4.90 Å². The number of anilines is 3. The Hall–Kier alpha value is -2.49. The van der Waals surface area contributed by atoms with Crippen LogP contribution in [0.2, 0.25) is 0 Å². The maximum Gasteiger partial charge on any atom is 0.227 e. The van der Waals surface area contributed by atoms with Crippen LogP contribution in [-0.2, 0) is 11.2 Å². The molecule has 0 aliphatic heterocycles. The molecule has 0 atom stereocenters. The highest BCUT2D eigenvalue weighted by Crippen LogP contribution is 2.25. The Balaban J connectivity index is 1.99. The van der Waals surface area contributed by atoms with Gasteiger partial charge in [-0.1, -0.05) is 24.3 Å². The molecule has 0 saturated carbocycles. The fourth-order valence-electron chi connectivity index (χ4n) is 2.83. The minimum absolute atomic E-state index is 0.104. The highest BCUT2D eigenvalue weighted by molar-refractivity contribution is 5.92. The smallest absolute Gasteiger partial charge is 0.227 e. The molecule has 1 amide bonds. The minimum atomic E-state index is 0.104. The van der Waals surface area contributed by atoms with E-state index in [1.807, 2.05) is 43.4 Å². The molecule has 128 valence electrons. The lowest BCUT2D eigenvalue weighted by Gasteiger charge is -2.23. The van der Waals surface area contributed by atoms with Crippen LogP contribution < -0.4 is 15.5 Å². The van der Waals surface area contributed by atoms with Gasteiger partial charge >= 0.3 is 0 Å². The molecule has 24 heavy (non-hydrogen) atoms. The Morgan fingerprint density at radius 3 is 2.29 bits per heavy atom. The third kappa shape index (κ3) is 4.28. The fourth-order valence-corrected chi connectivity index (χ4v) is 2.83. The first-order valence-electron chi connectivity index (χ1n) is 8.51. The molecule has 2 N–H and O–H groups in total. The molecule has 0 radical (unpaired) electrons. The van der Waals surface area contributed by atoms with Crippen LogP contribution >= 0.6 is 0 Å². The zero-order valence-electron chi connectivity index (χ0n) is 14.8. The van der Waals surface area contributed by atoms with Crippen LogP contribution in [0.5, 0.6) is 0 Å². The number of carbonyl (C=O) groups is 1. The first-order chi connectivity index (χ1) is 11.6. The quantitative estimate of drug-likeness (QED) is 0.790. The summed E-state index contributed by atoms with van der Waals surface area (Å²) in [6.07, 6.45) is 1.16. The molecule has 0 spiro atoms. The molecule has 0 heterocycles. The van der Waals surface area contributed by atoms with Crippen LogP contribution in [-0.4, -0.2) is 26.0 Å². The summed E-state index contributed by atoms with van der Waals surface area (Å²) < 4.78 is 0. The number of rotatable bonds is 7. The van der Waals surface area contributed by atoms with Crippen LogP contribution in [0.1, 0.15) is 25.8 Å². The van der Waals surface area contributed by atoms with Crippen LogP contribution in [0.4, 0.5) is 17.1 Å². The second kappa shape index (κ2) is 8.39. The van der Waals surface area contributed by atoms with Gasteiger partial charge in [-0.05, 0) is 50.1 Å². The van der Waals surface area contributed by atoms with Gasteiger partial charge in [-0.3, -0.25) is 4.79 Å². The molecule has 4 nitrogen and oxygen atoms in total. The number of amides is 1. The minimum Gasteiger partial charge on any atom is -0.397 e. The van der Waals surface area contributed by atoms with Crippen molar-refractivity contribution in [1.29, 1.82) is 0 Å². The lowest BCUT2D eigenvalue weighted by molar-refractivity contribution is -0.118. The summed E-state index contributed by atoms with van der Waals surface area (Å²) in [4.78, 5) is 16.3. The van der Waals surface area contributed by atoms with Gasteiger partial charge in [-0.2, -0.15) is 0 Å². The van der Waals surface area contributed by atoms with E-state index in [0.717, 1.165) is 35.7 Å². The van der Waals surface area contributed by atoms with Crippen LogP contribution in [0.25, 0.3) is 0 Å². The van der Waals surface area contributed by atoms with Gasteiger partial charge in [0.25, 0.3) is 0 Å². The summed E-state index contributed by atoms with van der Waals surface area (Å²) in [7, 11) is 1.81. The Morgan fingerprint density at radius 2 is 1.71 bits per heavy atom. The van der Waals surface area contributed by atoms with Gasteiger partial charge in [-0.15, -0.1) is 0 Å². The van der Waals surface area contributed by atoms with Gasteiger partial charge < -0.3 is 15.5 Å². The van der Waals surface area contributed by atoms with E-state index >= 15 is 0 Å². The average molecular weight is 325 g/mol. The van der Waals surface area contributed by atoms with Crippen molar-refractivity contribution >= 4 is 23.0 Å². The molecule has 2 aromatic carbocycles. The maximum absolute atomic E-state index is 12.4. The number of carbonyl (C=O) groups excluding carboxylic acids is 1. The SMILES string of the molecule is CCN(CC)c1ccc(CCC(=O)N(C)c2ccccc2)cc1N. The van der Waals surface area contributed by atoms with Gasteiger partial charge in [0, 0.05) is 32.2 Å². The maximum atomic E-state index is 12.4. The summed E-state index contributed by atoms with van der Waals surface area (Å²) in [5, 5.41) is 0. The van der Waals surface area contributed by atoms with Crippen molar-refractivity contribution in [1.82, 2.24) is 0 Å². The number of aryl methyl sites for hydroxylation is 1. The average Bonchev–Trinajstić information content (AvgIpc) is 2.62. The van der Waals surface area contributed by atoms with Crippen molar-refractivity contribution in [2.24, 2.45) is 0 Å². The predicted molar refractivity (Wildman–Crippen MR) is 103 cm³/mol. The van der Waals surface area contributed by atoms with Crippen molar-refractivity contribution in [3.63, 3.8) is 0 Å². The number of hydrogen-bond acceptors (Lipinski definition) is 3. The molecule has 0 bridgehead atoms. The summed E-state index contributed by atoms with van der Waals surface area (Å²) in [5.41, 5.74) is 10.0. The molecule has 4 heteroatoms. The van der Waals surface area contributed by atoms with Crippen LogP contribution in [0.3, 0.4) is 0 Å². The van der Waals surface area contributed by atoms with E-state index in [9.17, 15) is 4.79 Å². The Morgan fingerprint density at radius 1 is 1.04 bits per heavy atom. The van der Waals surface area contributed by atoms with Gasteiger partial charge in [0.15, 0.2) is 0 Å². The molecule has 2 aromatic rings. The summed E-state index contributed by atoms with van der Waals surface area (Å²) in [6, 6.07) is 15.8. The van der Waals surface area contributed by atoms with E-state index in [0.29, 0.717) is 12.8 Å². The lowest BCUT2D eigenvalue weighted by Crippen LogP contribution is -2.26. The van der Waals surface area contributed by atoms with E-state index in [1.165, 1.54) is 0 Å². The largest absolute Gasteiger partial charge is 0.397 e.